The summed E-state index contributed by atoms with van der Waals surface area (Å²) in [5.74, 6) is 0. The molecule has 2 aliphatic rings. The second-order valence-electron chi connectivity index (χ2n) is 8.71. The minimum atomic E-state index is -0.335. The van der Waals surface area contributed by atoms with E-state index in [-0.39, 0.29) is 23.7 Å². The number of hydrogen-bond donors (Lipinski definition) is 0. The zero-order chi connectivity index (χ0) is 18.2. The molecular weight excluding hydrogens is 330 g/mol. The fourth-order valence-electron chi connectivity index (χ4n) is 3.85. The van der Waals surface area contributed by atoms with Crippen molar-refractivity contribution in [3.63, 3.8) is 0 Å². The highest BCUT2D eigenvalue weighted by Crippen LogP contribution is 2.49. The van der Waals surface area contributed by atoms with Crippen LogP contribution in [0.4, 0.5) is 0 Å². The van der Waals surface area contributed by atoms with E-state index >= 15 is 0 Å². The van der Waals surface area contributed by atoms with Crippen LogP contribution in [0.15, 0.2) is 36.4 Å². The van der Waals surface area contributed by atoms with Gasteiger partial charge in [-0.05, 0) is 67.5 Å². The SMILES string of the molecule is CC1(C)c2cc(Cl)ccc2-c2ccc(B3OC(C)(C)C(C)(C)O3)cc21. The molecule has 0 radical (unpaired) electrons. The number of hydrogen-bond acceptors (Lipinski definition) is 2. The maximum atomic E-state index is 6.25. The molecule has 1 aliphatic carbocycles. The smallest absolute Gasteiger partial charge is 0.399 e. The standard InChI is InChI=1S/C21H24BClO2/c1-19(2)17-11-13(22-24-20(3,4)21(5,6)25-22)7-9-15(17)16-10-8-14(23)12-18(16)19/h7-12H,1-6H3. The lowest BCUT2D eigenvalue weighted by molar-refractivity contribution is 0.00578. The van der Waals surface area contributed by atoms with Gasteiger partial charge in [0, 0.05) is 10.4 Å². The minimum absolute atomic E-state index is 0.0881. The van der Waals surface area contributed by atoms with Gasteiger partial charge in [0.1, 0.15) is 0 Å². The Labute approximate surface area is 155 Å². The molecule has 0 bridgehead atoms. The fourth-order valence-corrected chi connectivity index (χ4v) is 4.03. The minimum Gasteiger partial charge on any atom is -0.399 e. The van der Waals surface area contributed by atoms with Crippen molar-refractivity contribution >= 4 is 24.2 Å². The van der Waals surface area contributed by atoms with E-state index in [4.69, 9.17) is 20.9 Å². The molecule has 25 heavy (non-hydrogen) atoms. The van der Waals surface area contributed by atoms with Gasteiger partial charge in [0.25, 0.3) is 0 Å². The maximum Gasteiger partial charge on any atom is 0.494 e. The van der Waals surface area contributed by atoms with E-state index in [0.717, 1.165) is 10.5 Å². The molecule has 0 spiro atoms. The number of benzene rings is 2. The van der Waals surface area contributed by atoms with Gasteiger partial charge in [-0.1, -0.05) is 49.7 Å². The van der Waals surface area contributed by atoms with Crippen molar-refractivity contribution in [2.45, 2.75) is 58.2 Å². The van der Waals surface area contributed by atoms with Crippen LogP contribution in [0, 0.1) is 0 Å². The molecule has 0 unspecified atom stereocenters. The quantitative estimate of drug-likeness (QED) is 0.675. The third kappa shape index (κ3) is 2.40. The van der Waals surface area contributed by atoms with Crippen molar-refractivity contribution < 1.29 is 9.31 Å². The first-order valence-corrected chi connectivity index (χ1v) is 9.21. The first-order valence-electron chi connectivity index (χ1n) is 8.83. The topological polar surface area (TPSA) is 18.5 Å². The first kappa shape index (κ1) is 17.1. The van der Waals surface area contributed by atoms with Gasteiger partial charge in [0.2, 0.25) is 0 Å². The molecule has 0 N–H and O–H groups in total. The number of fused-ring (bicyclic) bond motifs is 3. The van der Waals surface area contributed by atoms with Gasteiger partial charge in [-0.25, -0.2) is 0 Å². The molecule has 0 aromatic heterocycles. The van der Waals surface area contributed by atoms with E-state index in [2.05, 4.69) is 71.9 Å². The first-order chi connectivity index (χ1) is 11.5. The van der Waals surface area contributed by atoms with Crippen LogP contribution in [0.5, 0.6) is 0 Å². The van der Waals surface area contributed by atoms with Crippen LogP contribution >= 0.6 is 11.6 Å². The summed E-state index contributed by atoms with van der Waals surface area (Å²) in [6, 6.07) is 12.7. The second-order valence-corrected chi connectivity index (χ2v) is 9.14. The Bertz CT molecular complexity index is 854. The van der Waals surface area contributed by atoms with Crippen LogP contribution in [0.3, 0.4) is 0 Å². The summed E-state index contributed by atoms with van der Waals surface area (Å²) < 4.78 is 12.5. The summed E-state index contributed by atoms with van der Waals surface area (Å²) in [6.45, 7) is 12.8. The Balaban J connectivity index is 1.79. The largest absolute Gasteiger partial charge is 0.494 e. The van der Waals surface area contributed by atoms with Crippen molar-refractivity contribution in [2.75, 3.05) is 0 Å². The lowest BCUT2D eigenvalue weighted by Gasteiger charge is -2.32. The predicted molar refractivity (Wildman–Crippen MR) is 105 cm³/mol. The van der Waals surface area contributed by atoms with Gasteiger partial charge >= 0.3 is 7.12 Å². The van der Waals surface area contributed by atoms with Gasteiger partial charge in [0.15, 0.2) is 0 Å². The Morgan fingerprint density at radius 1 is 0.760 bits per heavy atom. The highest BCUT2D eigenvalue weighted by atomic mass is 35.5. The van der Waals surface area contributed by atoms with Crippen LogP contribution in [0.2, 0.25) is 5.02 Å². The Morgan fingerprint density at radius 2 is 1.28 bits per heavy atom. The number of halogens is 1. The molecule has 2 nitrogen and oxygen atoms in total. The highest BCUT2D eigenvalue weighted by molar-refractivity contribution is 6.62. The Hall–Kier alpha value is -1.29. The molecule has 2 aromatic carbocycles. The second kappa shape index (κ2) is 5.13. The zero-order valence-electron chi connectivity index (χ0n) is 15.7. The zero-order valence-corrected chi connectivity index (χ0v) is 16.5. The summed E-state index contributed by atoms with van der Waals surface area (Å²) in [5.41, 5.74) is 5.45. The van der Waals surface area contributed by atoms with Crippen LogP contribution in [0.1, 0.15) is 52.7 Å². The van der Waals surface area contributed by atoms with E-state index in [1.807, 2.05) is 6.07 Å². The summed E-state index contributed by atoms with van der Waals surface area (Å²) >= 11 is 6.25. The fraction of sp³-hybridized carbons (Fsp3) is 0.429. The van der Waals surface area contributed by atoms with Crippen LogP contribution in [-0.4, -0.2) is 18.3 Å². The summed E-state index contributed by atoms with van der Waals surface area (Å²) in [6.07, 6.45) is 0. The molecule has 130 valence electrons. The molecule has 1 heterocycles. The molecule has 0 amide bonds. The van der Waals surface area contributed by atoms with Crippen molar-refractivity contribution in [1.29, 1.82) is 0 Å². The highest BCUT2D eigenvalue weighted by Gasteiger charge is 2.52. The third-order valence-electron chi connectivity index (χ3n) is 6.19. The average molecular weight is 355 g/mol. The van der Waals surface area contributed by atoms with Crippen molar-refractivity contribution in [3.8, 4) is 11.1 Å². The van der Waals surface area contributed by atoms with Crippen LogP contribution < -0.4 is 5.46 Å². The van der Waals surface area contributed by atoms with Crippen LogP contribution in [0.25, 0.3) is 11.1 Å². The third-order valence-corrected chi connectivity index (χ3v) is 6.42. The van der Waals surface area contributed by atoms with Gasteiger partial charge < -0.3 is 9.31 Å². The van der Waals surface area contributed by atoms with E-state index in [9.17, 15) is 0 Å². The van der Waals surface area contributed by atoms with E-state index < -0.39 is 0 Å². The van der Waals surface area contributed by atoms with Crippen LogP contribution in [-0.2, 0) is 14.7 Å². The summed E-state index contributed by atoms with van der Waals surface area (Å²) in [7, 11) is -0.335. The molecule has 4 heteroatoms. The summed E-state index contributed by atoms with van der Waals surface area (Å²) in [5, 5.41) is 0.783. The lowest BCUT2D eigenvalue weighted by Crippen LogP contribution is -2.41. The van der Waals surface area contributed by atoms with Gasteiger partial charge in [0.05, 0.1) is 11.2 Å². The summed E-state index contributed by atoms with van der Waals surface area (Å²) in [4.78, 5) is 0. The van der Waals surface area contributed by atoms with Gasteiger partial charge in [-0.15, -0.1) is 0 Å². The Kier molecular flexibility index (Phi) is 3.51. The molecule has 4 rings (SSSR count). The van der Waals surface area contributed by atoms with Gasteiger partial charge in [-0.3, -0.25) is 0 Å². The lowest BCUT2D eigenvalue weighted by atomic mass is 9.74. The molecule has 0 saturated carbocycles. The van der Waals surface area contributed by atoms with E-state index in [1.54, 1.807) is 0 Å². The van der Waals surface area contributed by atoms with Crippen molar-refractivity contribution in [1.82, 2.24) is 0 Å². The molecule has 0 atom stereocenters. The maximum absolute atomic E-state index is 6.25. The molecule has 2 aromatic rings. The van der Waals surface area contributed by atoms with E-state index in [1.165, 1.54) is 22.3 Å². The monoisotopic (exact) mass is 354 g/mol. The average Bonchev–Trinajstić information content (AvgIpc) is 2.87. The molecule has 1 saturated heterocycles. The normalized spacial score (nSPS) is 22.0. The van der Waals surface area contributed by atoms with E-state index in [0.29, 0.717) is 0 Å². The Morgan fingerprint density at radius 3 is 1.88 bits per heavy atom. The van der Waals surface area contributed by atoms with Crippen molar-refractivity contribution in [2.24, 2.45) is 0 Å². The van der Waals surface area contributed by atoms with Crippen molar-refractivity contribution in [3.05, 3.63) is 52.5 Å². The molecule has 1 aliphatic heterocycles. The van der Waals surface area contributed by atoms with Gasteiger partial charge in [-0.2, -0.15) is 0 Å². The molecule has 1 fully saturated rings. The predicted octanol–water partition coefficient (Wildman–Crippen LogP) is 4.95. The molecular formula is C21H24BClO2. The number of rotatable bonds is 1.